The summed E-state index contributed by atoms with van der Waals surface area (Å²) in [6.07, 6.45) is 40.9. The number of hydrogen-bond acceptors (Lipinski definition) is 10. The summed E-state index contributed by atoms with van der Waals surface area (Å²) in [5.74, 6) is -1.68. The van der Waals surface area contributed by atoms with Crippen LogP contribution in [0.25, 0.3) is 0 Å². The van der Waals surface area contributed by atoms with Gasteiger partial charge in [-0.15, -0.1) is 0 Å². The number of rotatable bonds is 53. The predicted molar refractivity (Wildman–Crippen MR) is 281 cm³/mol. The molecule has 0 aliphatic carbocycles. The van der Waals surface area contributed by atoms with Gasteiger partial charge in [0.25, 0.3) is 11.9 Å². The molecule has 0 aromatic rings. The Balaban J connectivity index is 4.39. The van der Waals surface area contributed by atoms with E-state index in [4.69, 9.17) is 28.4 Å². The van der Waals surface area contributed by atoms with Crippen LogP contribution in [0.5, 0.6) is 0 Å². The molecule has 10 heteroatoms. The fraction of sp³-hybridized carbons (Fsp3) is 1.00. The van der Waals surface area contributed by atoms with Crippen molar-refractivity contribution in [3.05, 3.63) is 0 Å². The number of ether oxygens (including phenoxy) is 6. The highest BCUT2D eigenvalue weighted by molar-refractivity contribution is 9.26. The van der Waals surface area contributed by atoms with Crippen molar-refractivity contribution >= 4 is 41.2 Å². The lowest BCUT2D eigenvalue weighted by Crippen LogP contribution is -2.40. The van der Waals surface area contributed by atoms with Gasteiger partial charge in [0.1, 0.15) is 0 Å². The number of unbranched alkanes of at least 4 members (excludes halogenated alkanes) is 18. The quantitative estimate of drug-likeness (QED) is 0.0335. The molecule has 0 fully saturated rings. The van der Waals surface area contributed by atoms with Crippen LogP contribution in [-0.2, 0) is 28.4 Å². The van der Waals surface area contributed by atoms with Crippen molar-refractivity contribution in [2.75, 3.05) is 39.6 Å². The van der Waals surface area contributed by atoms with Gasteiger partial charge in [-0.3, -0.25) is 0 Å². The molecule has 0 aromatic carbocycles. The molecule has 0 aliphatic rings. The highest BCUT2D eigenvalue weighted by Gasteiger charge is 2.34. The molecule has 2 atom stereocenters. The van der Waals surface area contributed by atoms with E-state index in [0.29, 0.717) is 39.6 Å². The van der Waals surface area contributed by atoms with Crippen molar-refractivity contribution in [3.8, 4) is 0 Å². The summed E-state index contributed by atoms with van der Waals surface area (Å²) in [7, 11) is 8.45. The van der Waals surface area contributed by atoms with E-state index >= 15 is 0 Å². The van der Waals surface area contributed by atoms with Crippen molar-refractivity contribution in [2.24, 2.45) is 0 Å². The molecule has 0 N–H and O–H groups in total. The average molecular weight is 956 g/mol. The lowest BCUT2D eigenvalue weighted by molar-refractivity contribution is -0.384. The summed E-state index contributed by atoms with van der Waals surface area (Å²) >= 11 is 0. The summed E-state index contributed by atoms with van der Waals surface area (Å²) in [6.45, 7) is 22.3. The Labute approximate surface area is 403 Å². The average Bonchev–Trinajstić information content (AvgIpc) is 3.27. The van der Waals surface area contributed by atoms with E-state index in [1.807, 2.05) is 0 Å². The van der Waals surface area contributed by atoms with E-state index in [2.05, 4.69) is 96.6 Å². The Bertz CT molecular complexity index is 752. The highest BCUT2D eigenvalue weighted by atomic mass is 33.7. The van der Waals surface area contributed by atoms with E-state index in [1.165, 1.54) is 116 Å². The van der Waals surface area contributed by atoms with Crippen molar-refractivity contribution in [3.63, 3.8) is 0 Å². The van der Waals surface area contributed by atoms with Crippen molar-refractivity contribution in [1.29, 1.82) is 0 Å². The second-order valence-corrected chi connectivity index (χ2v) is 24.2. The molecule has 0 aromatic heterocycles. The summed E-state index contributed by atoms with van der Waals surface area (Å²) in [5.41, 5.74) is 0. The third-order valence-corrected chi connectivity index (χ3v) is 18.9. The van der Waals surface area contributed by atoms with Gasteiger partial charge in [-0.1, -0.05) is 205 Å². The van der Waals surface area contributed by atoms with E-state index in [9.17, 15) is 0 Å². The molecule has 374 valence electrons. The van der Waals surface area contributed by atoms with Gasteiger partial charge in [-0.2, -0.15) is 0 Å². The molecule has 0 spiro atoms. The molecule has 0 saturated heterocycles. The lowest BCUT2D eigenvalue weighted by Gasteiger charge is -2.33. The van der Waals surface area contributed by atoms with Crippen molar-refractivity contribution in [2.45, 2.75) is 296 Å². The molecule has 0 rings (SSSR count). The first-order chi connectivity index (χ1) is 30.4. The Morgan fingerprint density at radius 2 is 0.516 bits per heavy atom. The van der Waals surface area contributed by atoms with Gasteiger partial charge in [0, 0.05) is 23.3 Å². The molecule has 0 amide bonds. The standard InChI is InChI=1S/C52H106O6S4/c1-9-17-43-53-51(54-44-18-10-2,55-45-19-11-3)41-35-31-27-23-25-29-33-39-49(37-15-7)59-61-62-60-50(38-16-8)40-34-30-26-24-28-32-36-42-52(56-46-20-12-4,57-47-21-13-5)58-48-22-14-6/h49-50H,9-48H2,1-8H3. The molecule has 0 bridgehead atoms. The van der Waals surface area contributed by atoms with E-state index in [-0.39, 0.29) is 0 Å². The Morgan fingerprint density at radius 1 is 0.274 bits per heavy atom. The maximum Gasteiger partial charge on any atom is 0.282 e. The van der Waals surface area contributed by atoms with Gasteiger partial charge in [-0.25, -0.2) is 0 Å². The molecule has 62 heavy (non-hydrogen) atoms. The Kier molecular flexibility index (Phi) is 49.5. The fourth-order valence-electron chi connectivity index (χ4n) is 7.38. The second kappa shape index (κ2) is 48.6. The maximum absolute atomic E-state index is 6.33. The number of hydrogen-bond donors (Lipinski definition) is 0. The van der Waals surface area contributed by atoms with Crippen LogP contribution in [-0.4, -0.2) is 62.1 Å². The molecule has 0 heterocycles. The Morgan fingerprint density at radius 3 is 0.758 bits per heavy atom. The van der Waals surface area contributed by atoms with Crippen molar-refractivity contribution in [1.82, 2.24) is 0 Å². The molecule has 2 unspecified atom stereocenters. The van der Waals surface area contributed by atoms with Gasteiger partial charge in [0.2, 0.25) is 0 Å². The molecular formula is C52H106O6S4. The fourth-order valence-corrected chi connectivity index (χ4v) is 15.2. The minimum Gasteiger partial charge on any atom is -0.327 e. The van der Waals surface area contributed by atoms with Crippen LogP contribution in [0.2, 0.25) is 0 Å². The summed E-state index contributed by atoms with van der Waals surface area (Å²) in [4.78, 5) is 0. The second-order valence-electron chi connectivity index (χ2n) is 17.8. The topological polar surface area (TPSA) is 55.4 Å². The zero-order chi connectivity index (χ0) is 45.5. The molecular weight excluding hydrogens is 849 g/mol. The van der Waals surface area contributed by atoms with E-state index in [0.717, 1.165) is 113 Å². The van der Waals surface area contributed by atoms with Gasteiger partial charge in [0.05, 0.1) is 39.6 Å². The van der Waals surface area contributed by atoms with Crippen molar-refractivity contribution < 1.29 is 28.4 Å². The monoisotopic (exact) mass is 955 g/mol. The van der Waals surface area contributed by atoms with E-state index < -0.39 is 11.9 Å². The van der Waals surface area contributed by atoms with E-state index in [1.54, 1.807) is 0 Å². The maximum atomic E-state index is 6.33. The minimum absolute atomic E-state index is 0.715. The first-order valence-electron chi connectivity index (χ1n) is 26.9. The third kappa shape index (κ3) is 38.2. The SMILES string of the molecule is CCCCOC(CCCCCCCCCC(CCC)SSSSC(CCC)CCCCCCCCCC(OCCCC)(OCCCC)OCCCC)(OCCCC)OCCCC. The van der Waals surface area contributed by atoms with Gasteiger partial charge in [-0.05, 0) is 96.7 Å². The van der Waals surface area contributed by atoms with Crippen LogP contribution in [0.4, 0.5) is 0 Å². The van der Waals surface area contributed by atoms with Crippen LogP contribution in [0.3, 0.4) is 0 Å². The van der Waals surface area contributed by atoms with Crippen LogP contribution in [0.15, 0.2) is 0 Å². The zero-order valence-electron chi connectivity index (χ0n) is 42.5. The zero-order valence-corrected chi connectivity index (χ0v) is 45.8. The minimum atomic E-state index is -0.842. The summed E-state index contributed by atoms with van der Waals surface area (Å²) < 4.78 is 38.0. The van der Waals surface area contributed by atoms with Crippen LogP contribution >= 0.6 is 41.2 Å². The third-order valence-electron chi connectivity index (χ3n) is 11.5. The van der Waals surface area contributed by atoms with Crippen LogP contribution < -0.4 is 0 Å². The Hall–Kier alpha value is 1.16. The summed E-state index contributed by atoms with van der Waals surface area (Å²) in [5, 5.41) is 1.58. The molecule has 0 radical (unpaired) electrons. The lowest BCUT2D eigenvalue weighted by atomic mass is 10.0. The van der Waals surface area contributed by atoms with Crippen LogP contribution in [0.1, 0.15) is 274 Å². The first-order valence-corrected chi connectivity index (χ1v) is 31.9. The van der Waals surface area contributed by atoms with Gasteiger partial charge >= 0.3 is 0 Å². The molecule has 0 saturated carbocycles. The predicted octanol–water partition coefficient (Wildman–Crippen LogP) is 19.2. The van der Waals surface area contributed by atoms with Gasteiger partial charge < -0.3 is 28.4 Å². The first kappa shape index (κ1) is 63.2. The summed E-state index contributed by atoms with van der Waals surface area (Å²) in [6, 6.07) is 0. The highest BCUT2D eigenvalue weighted by Crippen LogP contribution is 2.49. The molecule has 6 nitrogen and oxygen atoms in total. The normalized spacial score (nSPS) is 13.4. The van der Waals surface area contributed by atoms with Gasteiger partial charge in [0.15, 0.2) is 0 Å². The molecule has 0 aliphatic heterocycles. The van der Waals surface area contributed by atoms with Crippen LogP contribution in [0, 0.1) is 0 Å². The largest absolute Gasteiger partial charge is 0.327 e. The smallest absolute Gasteiger partial charge is 0.282 e.